The summed E-state index contributed by atoms with van der Waals surface area (Å²) in [5.41, 5.74) is 2.99. The molecule has 2 N–H and O–H groups in total. The average molecular weight is 583 g/mol. The molecule has 0 radical (unpaired) electrons. The van der Waals surface area contributed by atoms with Gasteiger partial charge in [0.2, 0.25) is 0 Å². The van der Waals surface area contributed by atoms with E-state index in [-0.39, 0.29) is 11.6 Å². The number of aliphatic hydroxyl groups excluding tert-OH is 1. The van der Waals surface area contributed by atoms with Crippen LogP contribution in [0.2, 0.25) is 18.1 Å². The summed E-state index contributed by atoms with van der Waals surface area (Å²) in [4.78, 5) is 6.24. The summed E-state index contributed by atoms with van der Waals surface area (Å²) in [7, 11) is -0.292. The molecule has 0 saturated carbocycles. The van der Waals surface area contributed by atoms with Crippen molar-refractivity contribution in [3.8, 4) is 5.75 Å². The Morgan fingerprint density at radius 2 is 2.06 bits per heavy atom. The summed E-state index contributed by atoms with van der Waals surface area (Å²) in [6.07, 6.45) is 7.13. The van der Waals surface area contributed by atoms with Crippen molar-refractivity contribution >= 4 is 41.8 Å². The second kappa shape index (κ2) is 10.2. The molecule has 2 heterocycles. The van der Waals surface area contributed by atoms with E-state index in [1.54, 1.807) is 7.11 Å². The minimum atomic E-state index is -2.01. The SMILES string of the molecule is C/C=C(\I)CN1CCc2c([nH]c3c(OC)cccc23)[C@]1(/C=C/CO)CO[Si](C)(C)C(C)(C)C. The highest BCUT2D eigenvalue weighted by Crippen LogP contribution is 2.45. The van der Waals surface area contributed by atoms with Gasteiger partial charge in [-0.15, -0.1) is 0 Å². The lowest BCUT2D eigenvalue weighted by atomic mass is 9.84. The van der Waals surface area contributed by atoms with Crippen LogP contribution in [0.25, 0.3) is 10.9 Å². The van der Waals surface area contributed by atoms with Crippen molar-refractivity contribution in [3.63, 3.8) is 0 Å². The Balaban J connectivity index is 2.23. The average Bonchev–Trinajstić information content (AvgIpc) is 3.16. The van der Waals surface area contributed by atoms with Crippen LogP contribution in [0.5, 0.6) is 5.75 Å². The van der Waals surface area contributed by atoms with E-state index in [2.05, 4.69) is 97.5 Å². The van der Waals surface area contributed by atoms with Crippen molar-refractivity contribution < 1.29 is 14.3 Å². The molecule has 0 unspecified atom stereocenters. The number of fused-ring (bicyclic) bond motifs is 3. The molecule has 0 bridgehead atoms. The number of nitrogens with zero attached hydrogens (tertiary/aromatic N) is 1. The zero-order chi connectivity index (χ0) is 24.4. The third kappa shape index (κ3) is 5.12. The zero-order valence-corrected chi connectivity index (χ0v) is 24.2. The lowest BCUT2D eigenvalue weighted by Gasteiger charge is -2.48. The van der Waals surface area contributed by atoms with Gasteiger partial charge in [0.05, 0.1) is 25.8 Å². The molecule has 0 saturated heterocycles. The van der Waals surface area contributed by atoms with Crippen LogP contribution in [0, 0.1) is 0 Å². The Morgan fingerprint density at radius 3 is 2.67 bits per heavy atom. The number of H-pyrrole nitrogens is 1. The molecule has 1 aromatic heterocycles. The van der Waals surface area contributed by atoms with Crippen LogP contribution in [-0.4, -0.2) is 56.7 Å². The van der Waals surface area contributed by atoms with E-state index in [0.29, 0.717) is 6.61 Å². The Morgan fingerprint density at radius 1 is 1.33 bits per heavy atom. The van der Waals surface area contributed by atoms with Crippen LogP contribution < -0.4 is 4.74 Å². The van der Waals surface area contributed by atoms with Gasteiger partial charge in [-0.1, -0.05) is 51.1 Å². The number of benzene rings is 1. The van der Waals surface area contributed by atoms with E-state index in [1.165, 1.54) is 14.5 Å². The topological polar surface area (TPSA) is 57.7 Å². The number of ether oxygens (including phenoxy) is 1. The Kier molecular flexibility index (Phi) is 8.21. The van der Waals surface area contributed by atoms with Crippen molar-refractivity contribution in [2.45, 2.75) is 57.8 Å². The molecule has 1 atom stereocenters. The van der Waals surface area contributed by atoms with Crippen LogP contribution in [0.15, 0.2) is 40.0 Å². The molecular weight excluding hydrogens is 543 g/mol. The first kappa shape index (κ1) is 26.5. The summed E-state index contributed by atoms with van der Waals surface area (Å²) in [5.74, 6) is 0.849. The van der Waals surface area contributed by atoms with Gasteiger partial charge in [0.15, 0.2) is 8.32 Å². The fourth-order valence-electron chi connectivity index (χ4n) is 4.30. The maximum Gasteiger partial charge on any atom is 0.192 e. The molecule has 3 rings (SSSR count). The summed E-state index contributed by atoms with van der Waals surface area (Å²) in [6.45, 7) is 15.8. The van der Waals surface area contributed by atoms with Gasteiger partial charge in [-0.25, -0.2) is 0 Å². The number of hydrogen-bond donors (Lipinski definition) is 2. The maximum atomic E-state index is 9.77. The second-order valence-electron chi connectivity index (χ2n) is 10.3. The summed E-state index contributed by atoms with van der Waals surface area (Å²) >= 11 is 2.43. The zero-order valence-electron chi connectivity index (χ0n) is 21.1. The number of nitrogens with one attached hydrogen (secondary N) is 1. The molecule has 33 heavy (non-hydrogen) atoms. The molecule has 7 heteroatoms. The molecule has 0 aliphatic carbocycles. The van der Waals surface area contributed by atoms with Crippen LogP contribution in [0.4, 0.5) is 0 Å². The number of aromatic nitrogens is 1. The van der Waals surface area contributed by atoms with Gasteiger partial charge in [0.25, 0.3) is 0 Å². The van der Waals surface area contributed by atoms with Crippen molar-refractivity contribution in [2.24, 2.45) is 0 Å². The van der Waals surface area contributed by atoms with Gasteiger partial charge in [-0.05, 0) is 65.7 Å². The monoisotopic (exact) mass is 582 g/mol. The van der Waals surface area contributed by atoms with E-state index in [0.717, 1.165) is 36.5 Å². The molecule has 1 aliphatic heterocycles. The van der Waals surface area contributed by atoms with Crippen molar-refractivity contribution in [1.29, 1.82) is 0 Å². The third-order valence-electron chi connectivity index (χ3n) is 7.37. The third-order valence-corrected chi connectivity index (χ3v) is 12.8. The van der Waals surface area contributed by atoms with Gasteiger partial charge < -0.3 is 19.3 Å². The summed E-state index contributed by atoms with van der Waals surface area (Å²) in [5, 5.41) is 11.1. The van der Waals surface area contributed by atoms with Gasteiger partial charge >= 0.3 is 0 Å². The molecule has 0 spiro atoms. The predicted octanol–water partition coefficient (Wildman–Crippen LogP) is 6.14. The fourth-order valence-corrected chi connectivity index (χ4v) is 5.72. The van der Waals surface area contributed by atoms with Crippen molar-refractivity contribution in [3.05, 3.63) is 51.3 Å². The highest BCUT2D eigenvalue weighted by molar-refractivity contribution is 14.1. The smallest absolute Gasteiger partial charge is 0.192 e. The number of allylic oxidation sites excluding steroid dienone is 1. The number of aliphatic hydroxyl groups is 1. The van der Waals surface area contributed by atoms with Crippen molar-refractivity contribution in [1.82, 2.24) is 9.88 Å². The van der Waals surface area contributed by atoms with E-state index < -0.39 is 13.9 Å². The first-order chi connectivity index (χ1) is 15.5. The number of rotatable bonds is 8. The van der Waals surface area contributed by atoms with Gasteiger partial charge in [0.1, 0.15) is 11.3 Å². The van der Waals surface area contributed by atoms with Gasteiger partial charge in [-0.3, -0.25) is 4.90 Å². The molecule has 1 aromatic carbocycles. The van der Waals surface area contributed by atoms with Crippen LogP contribution in [-0.2, 0) is 16.4 Å². The van der Waals surface area contributed by atoms with Crippen LogP contribution in [0.1, 0.15) is 39.0 Å². The Hall–Kier alpha value is -1.13. The van der Waals surface area contributed by atoms with Crippen molar-refractivity contribution in [2.75, 3.05) is 33.4 Å². The first-order valence-electron chi connectivity index (χ1n) is 11.7. The normalized spacial score (nSPS) is 20.6. The fraction of sp³-hybridized carbons (Fsp3) is 0.538. The molecule has 2 aromatic rings. The number of para-hydroxylation sites is 1. The largest absolute Gasteiger partial charge is 0.495 e. The van der Waals surface area contributed by atoms with Crippen LogP contribution >= 0.6 is 22.6 Å². The quantitative estimate of drug-likeness (QED) is 0.223. The molecule has 0 amide bonds. The predicted molar refractivity (Wildman–Crippen MR) is 149 cm³/mol. The molecular formula is C26H39IN2O3Si. The molecule has 5 nitrogen and oxygen atoms in total. The molecule has 0 fully saturated rings. The summed E-state index contributed by atoms with van der Waals surface area (Å²) < 4.78 is 13.9. The molecule has 1 aliphatic rings. The number of halogens is 1. The lowest BCUT2D eigenvalue weighted by molar-refractivity contribution is 0.0655. The Labute approximate surface area is 213 Å². The number of methoxy groups -OCH3 is 1. The number of aromatic amines is 1. The van der Waals surface area contributed by atoms with E-state index in [4.69, 9.17) is 9.16 Å². The highest BCUT2D eigenvalue weighted by atomic mass is 127. The first-order valence-corrected chi connectivity index (χ1v) is 15.7. The number of hydrogen-bond acceptors (Lipinski definition) is 4. The minimum Gasteiger partial charge on any atom is -0.495 e. The van der Waals surface area contributed by atoms with E-state index >= 15 is 0 Å². The van der Waals surface area contributed by atoms with Gasteiger partial charge in [0, 0.05) is 27.7 Å². The minimum absolute atomic E-state index is 0.00469. The molecule has 182 valence electrons. The maximum absolute atomic E-state index is 9.77. The Bertz CT molecular complexity index is 1040. The highest BCUT2D eigenvalue weighted by Gasteiger charge is 2.46. The lowest BCUT2D eigenvalue weighted by Crippen LogP contribution is -2.55. The van der Waals surface area contributed by atoms with Gasteiger partial charge in [-0.2, -0.15) is 0 Å². The van der Waals surface area contributed by atoms with Crippen LogP contribution in [0.3, 0.4) is 0 Å². The second-order valence-corrected chi connectivity index (χ2v) is 16.5. The standard InChI is InChI=1S/C26H39IN2O3Si/c1-8-19(27)17-29-15-13-21-20-11-9-12-22(31-5)23(20)28-24(21)26(29,14-10-16-30)18-32-33(6,7)25(2,3)4/h8-12,14,28,30H,13,15-18H2,1-7H3/b14-10+,19-8-/t26-/m0/s1. The van der Waals surface area contributed by atoms with E-state index in [1.807, 2.05) is 12.1 Å². The summed E-state index contributed by atoms with van der Waals surface area (Å²) in [6, 6.07) is 6.23. The van der Waals surface area contributed by atoms with E-state index in [9.17, 15) is 5.11 Å².